The summed E-state index contributed by atoms with van der Waals surface area (Å²) in [5.74, 6) is -3.67. The SMILES string of the molecule is CCC1(C(=O)O)C(C)NC(C)C(CCN2CCC(c3ccccc3)(c3ccccc3)CC2)(C(=O)O)C1c1ccccc1OC(F)F. The first-order chi connectivity index (χ1) is 22.0. The van der Waals surface area contributed by atoms with Gasteiger partial charge in [0.05, 0.1) is 10.8 Å². The molecule has 7 nitrogen and oxygen atoms in total. The summed E-state index contributed by atoms with van der Waals surface area (Å²) in [6.45, 7) is 3.90. The van der Waals surface area contributed by atoms with E-state index in [-0.39, 0.29) is 29.6 Å². The molecule has 0 radical (unpaired) electrons. The zero-order chi connectivity index (χ0) is 33.1. The number of nitrogens with zero attached hydrogens (tertiary/aromatic N) is 1. The minimum atomic E-state index is -3.15. The van der Waals surface area contributed by atoms with E-state index >= 15 is 0 Å². The zero-order valence-electron chi connectivity index (χ0n) is 26.7. The van der Waals surface area contributed by atoms with E-state index in [4.69, 9.17) is 4.74 Å². The van der Waals surface area contributed by atoms with Gasteiger partial charge in [-0.05, 0) is 81.9 Å². The predicted octanol–water partition coefficient (Wildman–Crippen LogP) is 6.78. The Morgan fingerprint density at radius 1 is 0.848 bits per heavy atom. The molecule has 0 aliphatic carbocycles. The summed E-state index contributed by atoms with van der Waals surface area (Å²) < 4.78 is 32.2. The lowest BCUT2D eigenvalue weighted by Crippen LogP contribution is -2.70. The third kappa shape index (κ3) is 5.68. The Kier molecular flexibility index (Phi) is 9.84. The van der Waals surface area contributed by atoms with Gasteiger partial charge in [-0.15, -0.1) is 0 Å². The number of hydrogen-bond acceptors (Lipinski definition) is 5. The number of alkyl halides is 2. The maximum atomic E-state index is 13.6. The summed E-state index contributed by atoms with van der Waals surface area (Å²) in [6.07, 6.45) is 1.87. The number of aliphatic carboxylic acids is 2. The predicted molar refractivity (Wildman–Crippen MR) is 172 cm³/mol. The molecule has 5 rings (SSSR count). The van der Waals surface area contributed by atoms with Gasteiger partial charge < -0.3 is 25.2 Å². The summed E-state index contributed by atoms with van der Waals surface area (Å²) in [5.41, 5.74) is -0.771. The van der Waals surface area contributed by atoms with E-state index in [0.717, 1.165) is 12.8 Å². The van der Waals surface area contributed by atoms with Crippen LogP contribution in [-0.4, -0.2) is 65.4 Å². The maximum absolute atomic E-state index is 13.6. The second-order valence-electron chi connectivity index (χ2n) is 12.9. The Morgan fingerprint density at radius 2 is 1.35 bits per heavy atom. The van der Waals surface area contributed by atoms with Crippen molar-refractivity contribution in [2.45, 2.75) is 76.5 Å². The maximum Gasteiger partial charge on any atom is 0.387 e. The quantitative estimate of drug-likeness (QED) is 0.214. The van der Waals surface area contributed by atoms with Gasteiger partial charge in [0.25, 0.3) is 0 Å². The molecule has 46 heavy (non-hydrogen) atoms. The molecule has 0 amide bonds. The van der Waals surface area contributed by atoms with Crippen molar-refractivity contribution in [3.8, 4) is 5.75 Å². The second kappa shape index (κ2) is 13.5. The average molecular weight is 635 g/mol. The number of nitrogens with one attached hydrogen (secondary N) is 1. The molecular formula is C37H44F2N2O5. The number of carbonyl (C=O) groups is 2. The van der Waals surface area contributed by atoms with Crippen LogP contribution in [0.25, 0.3) is 0 Å². The van der Waals surface area contributed by atoms with E-state index in [2.05, 4.69) is 58.7 Å². The van der Waals surface area contributed by atoms with Gasteiger partial charge in [0, 0.05) is 23.4 Å². The highest BCUT2D eigenvalue weighted by Gasteiger charge is 2.66. The lowest BCUT2D eigenvalue weighted by Gasteiger charge is -2.57. The van der Waals surface area contributed by atoms with Crippen LogP contribution < -0.4 is 10.1 Å². The number of carboxylic acids is 2. The number of hydrogen-bond donors (Lipinski definition) is 3. The summed E-state index contributed by atoms with van der Waals surface area (Å²) in [7, 11) is 0. The lowest BCUT2D eigenvalue weighted by molar-refractivity contribution is -0.174. The first-order valence-corrected chi connectivity index (χ1v) is 16.1. The molecule has 9 heteroatoms. The minimum absolute atomic E-state index is 0.0896. The van der Waals surface area contributed by atoms with E-state index < -0.39 is 47.4 Å². The smallest absolute Gasteiger partial charge is 0.387 e. The third-order valence-corrected chi connectivity index (χ3v) is 11.1. The third-order valence-electron chi connectivity index (χ3n) is 11.1. The van der Waals surface area contributed by atoms with Gasteiger partial charge in [0.1, 0.15) is 5.75 Å². The fourth-order valence-corrected chi connectivity index (χ4v) is 8.62. The number of para-hydroxylation sites is 1. The molecule has 2 aliphatic heterocycles. The molecule has 2 aliphatic rings. The molecule has 0 bridgehead atoms. The highest BCUT2D eigenvalue weighted by atomic mass is 19.3. The van der Waals surface area contributed by atoms with Crippen LogP contribution >= 0.6 is 0 Å². The molecule has 0 spiro atoms. The summed E-state index contributed by atoms with van der Waals surface area (Å²) >= 11 is 0. The molecule has 2 fully saturated rings. The molecule has 2 saturated heterocycles. The van der Waals surface area contributed by atoms with E-state index in [1.54, 1.807) is 32.9 Å². The number of rotatable bonds is 11. The number of benzene rings is 3. The van der Waals surface area contributed by atoms with Crippen LogP contribution in [-0.2, 0) is 15.0 Å². The number of piperidine rings is 2. The van der Waals surface area contributed by atoms with E-state index in [9.17, 15) is 28.6 Å². The van der Waals surface area contributed by atoms with Crippen LogP contribution in [0.15, 0.2) is 84.9 Å². The van der Waals surface area contributed by atoms with E-state index in [1.165, 1.54) is 23.3 Å². The van der Waals surface area contributed by atoms with Gasteiger partial charge in [-0.2, -0.15) is 8.78 Å². The highest BCUT2D eigenvalue weighted by Crippen LogP contribution is 2.60. The number of halogens is 2. The Hall–Kier alpha value is -3.82. The Morgan fingerprint density at radius 3 is 1.85 bits per heavy atom. The molecule has 0 saturated carbocycles. The monoisotopic (exact) mass is 634 g/mol. The van der Waals surface area contributed by atoms with Crippen molar-refractivity contribution < 1.29 is 33.3 Å². The largest absolute Gasteiger partial charge is 0.481 e. The van der Waals surface area contributed by atoms with Gasteiger partial charge in [-0.3, -0.25) is 9.59 Å². The average Bonchev–Trinajstić information content (AvgIpc) is 3.05. The van der Waals surface area contributed by atoms with Gasteiger partial charge >= 0.3 is 18.6 Å². The van der Waals surface area contributed by atoms with Gasteiger partial charge in [-0.25, -0.2) is 0 Å². The van der Waals surface area contributed by atoms with Crippen LogP contribution in [0.1, 0.15) is 69.1 Å². The molecule has 3 N–H and O–H groups in total. The molecule has 246 valence electrons. The van der Waals surface area contributed by atoms with Gasteiger partial charge in [0.15, 0.2) is 0 Å². The lowest BCUT2D eigenvalue weighted by atomic mass is 9.49. The van der Waals surface area contributed by atoms with Crippen LogP contribution in [0, 0.1) is 10.8 Å². The van der Waals surface area contributed by atoms with Crippen LogP contribution in [0.3, 0.4) is 0 Å². The van der Waals surface area contributed by atoms with Crippen molar-refractivity contribution in [1.29, 1.82) is 0 Å². The van der Waals surface area contributed by atoms with Crippen molar-refractivity contribution in [1.82, 2.24) is 10.2 Å². The van der Waals surface area contributed by atoms with Crippen molar-refractivity contribution in [2.75, 3.05) is 19.6 Å². The van der Waals surface area contributed by atoms with Crippen molar-refractivity contribution >= 4 is 11.9 Å². The first kappa shape index (κ1) is 33.5. The molecule has 3 aromatic rings. The number of carboxylic acid groups (broad SMARTS) is 2. The van der Waals surface area contributed by atoms with Crippen molar-refractivity contribution in [3.63, 3.8) is 0 Å². The fraction of sp³-hybridized carbons (Fsp3) is 0.459. The Balaban J connectivity index is 1.52. The number of likely N-dealkylation sites (tertiary alicyclic amines) is 1. The molecule has 0 aromatic heterocycles. The summed E-state index contributed by atoms with van der Waals surface area (Å²) in [4.78, 5) is 29.2. The van der Waals surface area contributed by atoms with Crippen LogP contribution in [0.4, 0.5) is 8.78 Å². The molecule has 5 unspecified atom stereocenters. The summed E-state index contributed by atoms with van der Waals surface area (Å²) in [5, 5.41) is 25.3. The highest BCUT2D eigenvalue weighted by molar-refractivity contribution is 5.84. The topological polar surface area (TPSA) is 99.1 Å². The van der Waals surface area contributed by atoms with Crippen LogP contribution in [0.5, 0.6) is 5.75 Å². The normalized spacial score (nSPS) is 28.1. The second-order valence-corrected chi connectivity index (χ2v) is 12.9. The van der Waals surface area contributed by atoms with E-state index in [1.807, 2.05) is 12.1 Å². The van der Waals surface area contributed by atoms with Crippen LogP contribution in [0.2, 0.25) is 0 Å². The van der Waals surface area contributed by atoms with Crippen molar-refractivity contribution in [3.05, 3.63) is 102 Å². The Labute approximate surface area is 269 Å². The first-order valence-electron chi connectivity index (χ1n) is 16.1. The molecule has 2 heterocycles. The van der Waals surface area contributed by atoms with E-state index in [0.29, 0.717) is 19.6 Å². The Bertz CT molecular complexity index is 1460. The summed E-state index contributed by atoms with van der Waals surface area (Å²) in [6, 6.07) is 25.7. The fourth-order valence-electron chi connectivity index (χ4n) is 8.62. The molecule has 3 aromatic carbocycles. The zero-order valence-corrected chi connectivity index (χ0v) is 26.7. The standard InChI is InChI=1S/C37H44F2N2O5/c1-4-36(32(42)43)25(2)40-26(3)37(33(44)45,31(36)29-17-11-12-18-30(29)46-34(38)39)21-24-41-22-19-35(20-23-41,27-13-7-5-8-14-27)28-15-9-6-10-16-28/h5-18,25-26,31,34,40H,4,19-24H2,1-3H3,(H,42,43)(H,44,45). The minimum Gasteiger partial charge on any atom is -0.481 e. The molecule has 5 atom stereocenters. The molecular weight excluding hydrogens is 590 g/mol. The van der Waals surface area contributed by atoms with Crippen molar-refractivity contribution in [2.24, 2.45) is 10.8 Å². The van der Waals surface area contributed by atoms with Gasteiger partial charge in [0.2, 0.25) is 0 Å². The van der Waals surface area contributed by atoms with Gasteiger partial charge in [-0.1, -0.05) is 85.8 Å². The number of ether oxygens (including phenoxy) is 1.